The highest BCUT2D eigenvalue weighted by molar-refractivity contribution is 5.98. The minimum absolute atomic E-state index is 0.00273. The van der Waals surface area contributed by atoms with E-state index in [9.17, 15) is 4.79 Å². The molecule has 0 saturated heterocycles. The molecule has 0 saturated carbocycles. The minimum atomic E-state index is -0.473. The number of fused-ring (bicyclic) bond motifs is 1. The molecule has 1 heterocycles. The second kappa shape index (κ2) is 5.15. The molecule has 3 heteroatoms. The van der Waals surface area contributed by atoms with Crippen molar-refractivity contribution in [3.05, 3.63) is 42.5 Å². The van der Waals surface area contributed by atoms with Crippen molar-refractivity contribution in [1.29, 1.82) is 0 Å². The van der Waals surface area contributed by atoms with Crippen LogP contribution >= 0.6 is 0 Å². The average molecular weight is 230 g/mol. The van der Waals surface area contributed by atoms with Gasteiger partial charge in [0.15, 0.2) is 0 Å². The Hall–Kier alpha value is -1.61. The summed E-state index contributed by atoms with van der Waals surface area (Å²) in [5.41, 5.74) is 8.10. The van der Waals surface area contributed by atoms with E-state index in [4.69, 9.17) is 5.73 Å². The Morgan fingerprint density at radius 1 is 1.53 bits per heavy atom. The molecule has 2 rings (SSSR count). The Morgan fingerprint density at radius 3 is 3.06 bits per heavy atom. The maximum Gasteiger partial charge on any atom is 0.244 e. The van der Waals surface area contributed by atoms with Gasteiger partial charge in [-0.25, -0.2) is 0 Å². The number of carbonyl (C=O) groups excluding carboxylic acids is 1. The molecule has 1 aliphatic heterocycles. The number of carbonyl (C=O) groups is 1. The van der Waals surface area contributed by atoms with Crippen LogP contribution in [0.4, 0.5) is 5.69 Å². The molecule has 1 amide bonds. The predicted octanol–water partition coefficient (Wildman–Crippen LogP) is 1.87. The molecule has 1 atom stereocenters. The van der Waals surface area contributed by atoms with Crippen LogP contribution in [0.15, 0.2) is 36.9 Å². The largest absolute Gasteiger partial charge is 0.320 e. The Balaban J connectivity index is 2.23. The van der Waals surface area contributed by atoms with Gasteiger partial charge in [0.25, 0.3) is 0 Å². The number of aryl methyl sites for hydroxylation is 1. The summed E-state index contributed by atoms with van der Waals surface area (Å²) in [5, 5.41) is 0. The quantitative estimate of drug-likeness (QED) is 0.806. The molecule has 0 aliphatic carbocycles. The number of nitrogens with two attached hydrogens (primary N) is 1. The van der Waals surface area contributed by atoms with Crippen molar-refractivity contribution < 1.29 is 4.79 Å². The average Bonchev–Trinajstić information content (AvgIpc) is 2.37. The van der Waals surface area contributed by atoms with Crippen LogP contribution in [0, 0.1) is 0 Å². The third kappa shape index (κ3) is 2.39. The smallest absolute Gasteiger partial charge is 0.244 e. The SMILES string of the molecule is C=CCC(N)C(=O)N1CCCc2ccccc21. The molecule has 2 N–H and O–H groups in total. The fourth-order valence-electron chi connectivity index (χ4n) is 2.24. The summed E-state index contributed by atoms with van der Waals surface area (Å²) < 4.78 is 0. The van der Waals surface area contributed by atoms with Crippen LogP contribution in [0.3, 0.4) is 0 Å². The zero-order valence-electron chi connectivity index (χ0n) is 9.93. The van der Waals surface area contributed by atoms with Crippen molar-refractivity contribution in [2.45, 2.75) is 25.3 Å². The number of hydrogen-bond donors (Lipinski definition) is 1. The van der Waals surface area contributed by atoms with E-state index in [0.29, 0.717) is 6.42 Å². The molecule has 90 valence electrons. The van der Waals surface area contributed by atoms with E-state index in [0.717, 1.165) is 25.1 Å². The standard InChI is InChI=1S/C14H18N2O/c1-2-6-12(15)14(17)16-10-5-8-11-7-3-4-9-13(11)16/h2-4,7,9,12H,1,5-6,8,10,15H2. The summed E-state index contributed by atoms with van der Waals surface area (Å²) in [4.78, 5) is 14.0. The Morgan fingerprint density at radius 2 is 2.29 bits per heavy atom. The van der Waals surface area contributed by atoms with Gasteiger partial charge in [0, 0.05) is 12.2 Å². The van der Waals surface area contributed by atoms with E-state index in [-0.39, 0.29) is 5.91 Å². The van der Waals surface area contributed by atoms with Crippen molar-refractivity contribution >= 4 is 11.6 Å². The summed E-state index contributed by atoms with van der Waals surface area (Å²) in [6.45, 7) is 4.39. The third-order valence-electron chi connectivity index (χ3n) is 3.11. The third-order valence-corrected chi connectivity index (χ3v) is 3.11. The van der Waals surface area contributed by atoms with Gasteiger partial charge >= 0.3 is 0 Å². The predicted molar refractivity (Wildman–Crippen MR) is 69.9 cm³/mol. The first-order chi connectivity index (χ1) is 8.24. The molecule has 0 spiro atoms. The number of anilines is 1. The maximum absolute atomic E-state index is 12.2. The lowest BCUT2D eigenvalue weighted by molar-refractivity contribution is -0.119. The van der Waals surface area contributed by atoms with E-state index < -0.39 is 6.04 Å². The minimum Gasteiger partial charge on any atom is -0.320 e. The molecule has 1 aromatic carbocycles. The second-order valence-electron chi connectivity index (χ2n) is 4.35. The van der Waals surface area contributed by atoms with E-state index in [1.54, 1.807) is 6.08 Å². The van der Waals surface area contributed by atoms with E-state index >= 15 is 0 Å². The monoisotopic (exact) mass is 230 g/mol. The van der Waals surface area contributed by atoms with Gasteiger partial charge in [-0.1, -0.05) is 24.3 Å². The van der Waals surface area contributed by atoms with Crippen LogP contribution in [-0.2, 0) is 11.2 Å². The fraction of sp³-hybridized carbons (Fsp3) is 0.357. The van der Waals surface area contributed by atoms with Crippen molar-refractivity contribution in [3.8, 4) is 0 Å². The number of rotatable bonds is 3. The molecule has 0 radical (unpaired) electrons. The molecular weight excluding hydrogens is 212 g/mol. The summed E-state index contributed by atoms with van der Waals surface area (Å²) in [7, 11) is 0. The van der Waals surface area contributed by atoms with Gasteiger partial charge in [-0.3, -0.25) is 4.79 Å². The fourth-order valence-corrected chi connectivity index (χ4v) is 2.24. The molecule has 0 fully saturated rings. The van der Waals surface area contributed by atoms with Crippen LogP contribution in [0.2, 0.25) is 0 Å². The molecule has 3 nitrogen and oxygen atoms in total. The lowest BCUT2D eigenvalue weighted by atomic mass is 10.0. The molecule has 0 aromatic heterocycles. The number of hydrogen-bond acceptors (Lipinski definition) is 2. The number of para-hydroxylation sites is 1. The van der Waals surface area contributed by atoms with Gasteiger partial charge in [0.2, 0.25) is 5.91 Å². The normalized spacial score (nSPS) is 16.2. The highest BCUT2D eigenvalue weighted by Gasteiger charge is 2.25. The van der Waals surface area contributed by atoms with Gasteiger partial charge < -0.3 is 10.6 Å². The first-order valence-electron chi connectivity index (χ1n) is 6.00. The molecule has 0 bridgehead atoms. The van der Waals surface area contributed by atoms with Crippen molar-refractivity contribution in [1.82, 2.24) is 0 Å². The van der Waals surface area contributed by atoms with Gasteiger partial charge in [0.05, 0.1) is 6.04 Å². The zero-order chi connectivity index (χ0) is 12.3. The first kappa shape index (κ1) is 11.9. The summed E-state index contributed by atoms with van der Waals surface area (Å²) >= 11 is 0. The summed E-state index contributed by atoms with van der Waals surface area (Å²) in [5.74, 6) is -0.00273. The van der Waals surface area contributed by atoms with E-state index in [1.165, 1.54) is 5.56 Å². The molecule has 1 aromatic rings. The Labute approximate surface area is 102 Å². The molecule has 1 aliphatic rings. The summed E-state index contributed by atoms with van der Waals surface area (Å²) in [6.07, 6.45) is 4.26. The highest BCUT2D eigenvalue weighted by atomic mass is 16.2. The van der Waals surface area contributed by atoms with E-state index in [2.05, 4.69) is 12.6 Å². The van der Waals surface area contributed by atoms with Gasteiger partial charge in [-0.2, -0.15) is 0 Å². The van der Waals surface area contributed by atoms with Crippen LogP contribution < -0.4 is 10.6 Å². The lowest BCUT2D eigenvalue weighted by Crippen LogP contribution is -2.45. The molecule has 17 heavy (non-hydrogen) atoms. The van der Waals surface area contributed by atoms with Crippen LogP contribution in [0.5, 0.6) is 0 Å². The Bertz CT molecular complexity index is 428. The maximum atomic E-state index is 12.2. The topological polar surface area (TPSA) is 46.3 Å². The molecular formula is C14H18N2O. The Kier molecular flexibility index (Phi) is 3.59. The van der Waals surface area contributed by atoms with Crippen LogP contribution in [0.25, 0.3) is 0 Å². The number of benzene rings is 1. The summed E-state index contributed by atoms with van der Waals surface area (Å²) in [6, 6.07) is 7.57. The van der Waals surface area contributed by atoms with Crippen LogP contribution in [-0.4, -0.2) is 18.5 Å². The van der Waals surface area contributed by atoms with Crippen LogP contribution in [0.1, 0.15) is 18.4 Å². The second-order valence-corrected chi connectivity index (χ2v) is 4.35. The van der Waals surface area contributed by atoms with Crippen molar-refractivity contribution in [3.63, 3.8) is 0 Å². The van der Waals surface area contributed by atoms with Gasteiger partial charge in [0.1, 0.15) is 0 Å². The highest BCUT2D eigenvalue weighted by Crippen LogP contribution is 2.27. The zero-order valence-corrected chi connectivity index (χ0v) is 9.93. The van der Waals surface area contributed by atoms with Crippen molar-refractivity contribution in [2.75, 3.05) is 11.4 Å². The van der Waals surface area contributed by atoms with Gasteiger partial charge in [-0.05, 0) is 30.9 Å². The number of amides is 1. The first-order valence-corrected chi connectivity index (χ1v) is 6.00. The van der Waals surface area contributed by atoms with Gasteiger partial charge in [-0.15, -0.1) is 6.58 Å². The number of nitrogens with zero attached hydrogens (tertiary/aromatic N) is 1. The van der Waals surface area contributed by atoms with E-state index in [1.807, 2.05) is 23.1 Å². The molecule has 1 unspecified atom stereocenters. The lowest BCUT2D eigenvalue weighted by Gasteiger charge is -2.31. The van der Waals surface area contributed by atoms with Crippen molar-refractivity contribution in [2.24, 2.45) is 5.73 Å².